The minimum atomic E-state index is 0.720. The van der Waals surface area contributed by atoms with Crippen LogP contribution in [0, 0.1) is 5.92 Å². The van der Waals surface area contributed by atoms with Crippen LogP contribution < -0.4 is 5.32 Å². The number of hydrogen-bond acceptors (Lipinski definition) is 2. The Kier molecular flexibility index (Phi) is 5.43. The van der Waals surface area contributed by atoms with E-state index in [2.05, 4.69) is 52.5 Å². The van der Waals surface area contributed by atoms with Crippen molar-refractivity contribution >= 4 is 11.3 Å². The summed E-state index contributed by atoms with van der Waals surface area (Å²) in [7, 11) is 2.04. The lowest BCUT2D eigenvalue weighted by molar-refractivity contribution is 0.461. The van der Waals surface area contributed by atoms with Crippen LogP contribution in [-0.2, 0) is 12.8 Å². The highest BCUT2D eigenvalue weighted by Crippen LogP contribution is 2.16. The Morgan fingerprint density at radius 2 is 1.94 bits per heavy atom. The molecule has 0 fully saturated rings. The van der Waals surface area contributed by atoms with Crippen molar-refractivity contribution in [2.45, 2.75) is 19.3 Å². The standard InChI is InChI=1S/C16H21NS/c1-17-12-16(8-7-15-9-10-18-13-15)11-14-5-3-2-4-6-14/h2-6,9-10,13,16-17H,7-8,11-12H2,1H3. The van der Waals surface area contributed by atoms with E-state index in [9.17, 15) is 0 Å². The average molecular weight is 259 g/mol. The lowest BCUT2D eigenvalue weighted by atomic mass is 9.93. The molecule has 1 atom stereocenters. The summed E-state index contributed by atoms with van der Waals surface area (Å²) in [5.41, 5.74) is 2.93. The summed E-state index contributed by atoms with van der Waals surface area (Å²) >= 11 is 1.79. The Labute approximate surface area is 114 Å². The van der Waals surface area contributed by atoms with Gasteiger partial charge in [0.2, 0.25) is 0 Å². The van der Waals surface area contributed by atoms with Crippen LogP contribution in [0.5, 0.6) is 0 Å². The Bertz CT molecular complexity index is 422. The fourth-order valence-electron chi connectivity index (χ4n) is 2.32. The van der Waals surface area contributed by atoms with Gasteiger partial charge in [0.05, 0.1) is 0 Å². The van der Waals surface area contributed by atoms with E-state index < -0.39 is 0 Å². The van der Waals surface area contributed by atoms with Gasteiger partial charge in [-0.2, -0.15) is 11.3 Å². The van der Waals surface area contributed by atoms with E-state index in [1.54, 1.807) is 11.3 Å². The molecule has 2 aromatic rings. The minimum absolute atomic E-state index is 0.720. The van der Waals surface area contributed by atoms with Gasteiger partial charge in [-0.25, -0.2) is 0 Å². The molecule has 1 aromatic carbocycles. The molecule has 96 valence electrons. The Morgan fingerprint density at radius 3 is 2.61 bits per heavy atom. The second-order valence-electron chi connectivity index (χ2n) is 4.78. The van der Waals surface area contributed by atoms with Crippen LogP contribution in [0.2, 0.25) is 0 Å². The predicted octanol–water partition coefficient (Wildman–Crippen LogP) is 3.76. The lowest BCUT2D eigenvalue weighted by Crippen LogP contribution is -2.21. The van der Waals surface area contributed by atoms with Crippen LogP contribution in [0.1, 0.15) is 17.5 Å². The number of hydrogen-bond donors (Lipinski definition) is 1. The first kappa shape index (κ1) is 13.3. The number of nitrogens with one attached hydrogen (secondary N) is 1. The molecule has 1 N–H and O–H groups in total. The van der Waals surface area contributed by atoms with Gasteiger partial charge in [-0.3, -0.25) is 0 Å². The van der Waals surface area contributed by atoms with Crippen molar-refractivity contribution in [1.29, 1.82) is 0 Å². The average Bonchev–Trinajstić information content (AvgIpc) is 2.91. The normalized spacial score (nSPS) is 12.5. The summed E-state index contributed by atoms with van der Waals surface area (Å²) < 4.78 is 0. The fraction of sp³-hybridized carbons (Fsp3) is 0.375. The molecule has 0 saturated carbocycles. The maximum Gasteiger partial charge on any atom is -0.00202 e. The zero-order valence-corrected chi connectivity index (χ0v) is 11.7. The molecule has 0 aliphatic heterocycles. The second-order valence-corrected chi connectivity index (χ2v) is 5.56. The van der Waals surface area contributed by atoms with Gasteiger partial charge in [0.1, 0.15) is 0 Å². The molecule has 0 aliphatic rings. The van der Waals surface area contributed by atoms with Gasteiger partial charge < -0.3 is 5.32 Å². The summed E-state index contributed by atoms with van der Waals surface area (Å²) in [5, 5.41) is 7.75. The zero-order valence-electron chi connectivity index (χ0n) is 10.9. The molecule has 18 heavy (non-hydrogen) atoms. The molecule has 0 saturated heterocycles. The number of benzene rings is 1. The third kappa shape index (κ3) is 4.28. The van der Waals surface area contributed by atoms with Crippen LogP contribution in [0.4, 0.5) is 0 Å². The molecule has 2 rings (SSSR count). The first-order valence-corrected chi connectivity index (χ1v) is 7.52. The lowest BCUT2D eigenvalue weighted by Gasteiger charge is -2.16. The number of aryl methyl sites for hydroxylation is 1. The van der Waals surface area contributed by atoms with Crippen LogP contribution in [-0.4, -0.2) is 13.6 Å². The van der Waals surface area contributed by atoms with E-state index in [1.165, 1.54) is 30.4 Å². The third-order valence-corrected chi connectivity index (χ3v) is 4.01. The van der Waals surface area contributed by atoms with Gasteiger partial charge in [0, 0.05) is 0 Å². The Balaban J connectivity index is 1.87. The summed E-state index contributed by atoms with van der Waals surface area (Å²) in [6.07, 6.45) is 3.63. The van der Waals surface area contributed by atoms with Crippen molar-refractivity contribution in [2.75, 3.05) is 13.6 Å². The van der Waals surface area contributed by atoms with E-state index in [4.69, 9.17) is 0 Å². The quantitative estimate of drug-likeness (QED) is 0.798. The van der Waals surface area contributed by atoms with Crippen LogP contribution in [0.25, 0.3) is 0 Å². The SMILES string of the molecule is CNCC(CCc1ccsc1)Cc1ccccc1. The minimum Gasteiger partial charge on any atom is -0.319 e. The maximum atomic E-state index is 3.32. The fourth-order valence-corrected chi connectivity index (χ4v) is 3.02. The third-order valence-electron chi connectivity index (χ3n) is 3.28. The van der Waals surface area contributed by atoms with Crippen molar-refractivity contribution in [1.82, 2.24) is 5.32 Å². The van der Waals surface area contributed by atoms with Gasteiger partial charge in [0.25, 0.3) is 0 Å². The molecule has 1 nitrogen and oxygen atoms in total. The molecule has 1 unspecified atom stereocenters. The smallest absolute Gasteiger partial charge is 0.00202 e. The van der Waals surface area contributed by atoms with Gasteiger partial charge in [-0.15, -0.1) is 0 Å². The summed E-state index contributed by atoms with van der Waals surface area (Å²) in [4.78, 5) is 0. The van der Waals surface area contributed by atoms with Crippen LogP contribution in [0.3, 0.4) is 0 Å². The molecule has 0 aliphatic carbocycles. The van der Waals surface area contributed by atoms with Crippen molar-refractivity contribution in [3.8, 4) is 0 Å². The second kappa shape index (κ2) is 7.34. The molecule has 0 amide bonds. The van der Waals surface area contributed by atoms with Gasteiger partial charge in [-0.05, 0) is 66.7 Å². The zero-order chi connectivity index (χ0) is 12.6. The molecule has 1 heterocycles. The largest absolute Gasteiger partial charge is 0.319 e. The first-order chi connectivity index (χ1) is 8.88. The van der Waals surface area contributed by atoms with Crippen molar-refractivity contribution in [3.63, 3.8) is 0 Å². The van der Waals surface area contributed by atoms with Gasteiger partial charge in [0.15, 0.2) is 0 Å². The highest BCUT2D eigenvalue weighted by molar-refractivity contribution is 7.07. The molecule has 0 radical (unpaired) electrons. The summed E-state index contributed by atoms with van der Waals surface area (Å²) in [5.74, 6) is 0.720. The monoisotopic (exact) mass is 259 g/mol. The van der Waals surface area contributed by atoms with Crippen molar-refractivity contribution in [2.24, 2.45) is 5.92 Å². The van der Waals surface area contributed by atoms with Crippen molar-refractivity contribution in [3.05, 3.63) is 58.3 Å². The molecule has 1 aromatic heterocycles. The van der Waals surface area contributed by atoms with E-state index in [0.717, 1.165) is 12.5 Å². The van der Waals surface area contributed by atoms with E-state index in [-0.39, 0.29) is 0 Å². The van der Waals surface area contributed by atoms with Gasteiger partial charge in [-0.1, -0.05) is 30.3 Å². The highest BCUT2D eigenvalue weighted by atomic mass is 32.1. The van der Waals surface area contributed by atoms with Crippen molar-refractivity contribution < 1.29 is 0 Å². The molecule has 0 bridgehead atoms. The Hall–Kier alpha value is -1.12. The topological polar surface area (TPSA) is 12.0 Å². The summed E-state index contributed by atoms with van der Waals surface area (Å²) in [6.45, 7) is 1.10. The first-order valence-electron chi connectivity index (χ1n) is 6.58. The molecular formula is C16H21NS. The summed E-state index contributed by atoms with van der Waals surface area (Å²) in [6, 6.07) is 13.0. The van der Waals surface area contributed by atoms with E-state index >= 15 is 0 Å². The maximum absolute atomic E-state index is 3.32. The molecular weight excluding hydrogens is 238 g/mol. The molecule has 0 spiro atoms. The van der Waals surface area contributed by atoms with E-state index in [1.807, 2.05) is 7.05 Å². The number of thiophene rings is 1. The Morgan fingerprint density at radius 1 is 1.11 bits per heavy atom. The highest BCUT2D eigenvalue weighted by Gasteiger charge is 2.09. The molecule has 2 heteroatoms. The van der Waals surface area contributed by atoms with Crippen LogP contribution in [0.15, 0.2) is 47.2 Å². The number of rotatable bonds is 7. The van der Waals surface area contributed by atoms with E-state index in [0.29, 0.717) is 0 Å². The predicted molar refractivity (Wildman–Crippen MR) is 80.2 cm³/mol. The van der Waals surface area contributed by atoms with Crippen LogP contribution >= 0.6 is 11.3 Å². The van der Waals surface area contributed by atoms with Gasteiger partial charge >= 0.3 is 0 Å².